The van der Waals surface area contributed by atoms with Crippen LogP contribution < -0.4 is 4.90 Å². The number of aryl methyl sites for hydroxylation is 1. The first-order valence-electron chi connectivity index (χ1n) is 5.93. The van der Waals surface area contributed by atoms with Gasteiger partial charge in [-0.05, 0) is 12.5 Å². The lowest BCUT2D eigenvalue weighted by Crippen LogP contribution is -2.31. The highest BCUT2D eigenvalue weighted by molar-refractivity contribution is 5.59. The monoisotopic (exact) mass is 260 g/mol. The molecule has 0 unspecified atom stereocenters. The number of fused-ring (bicyclic) bond motifs is 1. The number of nitro groups is 1. The van der Waals surface area contributed by atoms with Crippen LogP contribution in [-0.2, 0) is 13.0 Å². The van der Waals surface area contributed by atoms with E-state index in [2.05, 4.69) is 10.1 Å². The molecule has 0 spiro atoms. The van der Waals surface area contributed by atoms with Crippen LogP contribution in [0.1, 0.15) is 16.8 Å². The van der Waals surface area contributed by atoms with E-state index in [1.165, 1.54) is 0 Å². The Morgan fingerprint density at radius 2 is 2.37 bits per heavy atom. The highest BCUT2D eigenvalue weighted by Crippen LogP contribution is 2.30. The first-order valence-corrected chi connectivity index (χ1v) is 5.93. The van der Waals surface area contributed by atoms with Gasteiger partial charge in [0, 0.05) is 37.3 Å². The van der Waals surface area contributed by atoms with Crippen molar-refractivity contribution in [3.8, 4) is 0 Å². The van der Waals surface area contributed by atoms with Crippen molar-refractivity contribution in [2.75, 3.05) is 11.4 Å². The molecule has 2 aromatic rings. The van der Waals surface area contributed by atoms with E-state index in [4.69, 9.17) is 4.52 Å². The SMILES string of the molecule is Cc1cnc(N2CCc3nocc3C2)c([N+](=O)[O-])c1. The second kappa shape index (κ2) is 4.34. The molecule has 0 radical (unpaired) electrons. The lowest BCUT2D eigenvalue weighted by atomic mass is 10.1. The molecule has 19 heavy (non-hydrogen) atoms. The Morgan fingerprint density at radius 3 is 3.16 bits per heavy atom. The first kappa shape index (κ1) is 11.6. The minimum Gasteiger partial charge on any atom is -0.364 e. The van der Waals surface area contributed by atoms with Gasteiger partial charge >= 0.3 is 5.69 Å². The fraction of sp³-hybridized carbons (Fsp3) is 0.333. The predicted molar refractivity (Wildman–Crippen MR) is 66.9 cm³/mol. The van der Waals surface area contributed by atoms with Crippen molar-refractivity contribution in [3.05, 3.63) is 45.5 Å². The maximum Gasteiger partial charge on any atom is 0.311 e. The number of rotatable bonds is 2. The van der Waals surface area contributed by atoms with E-state index in [1.54, 1.807) is 25.5 Å². The van der Waals surface area contributed by atoms with Crippen molar-refractivity contribution in [2.24, 2.45) is 0 Å². The minimum atomic E-state index is -0.390. The normalized spacial score (nSPS) is 14.3. The molecule has 7 heteroatoms. The van der Waals surface area contributed by atoms with Crippen molar-refractivity contribution < 1.29 is 9.45 Å². The summed E-state index contributed by atoms with van der Waals surface area (Å²) in [6.45, 7) is 2.98. The van der Waals surface area contributed by atoms with Gasteiger partial charge in [-0.1, -0.05) is 5.16 Å². The molecule has 2 aromatic heterocycles. The average molecular weight is 260 g/mol. The van der Waals surface area contributed by atoms with Gasteiger partial charge in [0.2, 0.25) is 5.82 Å². The number of pyridine rings is 1. The second-order valence-electron chi connectivity index (χ2n) is 4.57. The third kappa shape index (κ3) is 2.03. The van der Waals surface area contributed by atoms with Gasteiger partial charge in [-0.15, -0.1) is 0 Å². The van der Waals surface area contributed by atoms with Crippen molar-refractivity contribution in [1.82, 2.24) is 10.1 Å². The summed E-state index contributed by atoms with van der Waals surface area (Å²) < 4.78 is 4.92. The molecule has 98 valence electrons. The maximum absolute atomic E-state index is 11.1. The van der Waals surface area contributed by atoms with E-state index in [-0.39, 0.29) is 5.69 Å². The fourth-order valence-corrected chi connectivity index (χ4v) is 2.25. The van der Waals surface area contributed by atoms with Crippen LogP contribution in [0, 0.1) is 17.0 Å². The Kier molecular flexibility index (Phi) is 2.66. The Bertz CT molecular complexity index is 638. The van der Waals surface area contributed by atoms with Crippen LogP contribution in [0.5, 0.6) is 0 Å². The van der Waals surface area contributed by atoms with Gasteiger partial charge in [0.05, 0.1) is 10.6 Å². The van der Waals surface area contributed by atoms with Crippen molar-refractivity contribution in [2.45, 2.75) is 19.9 Å². The van der Waals surface area contributed by atoms with Gasteiger partial charge in [-0.3, -0.25) is 10.1 Å². The zero-order valence-electron chi connectivity index (χ0n) is 10.4. The molecule has 0 bridgehead atoms. The van der Waals surface area contributed by atoms with E-state index >= 15 is 0 Å². The summed E-state index contributed by atoms with van der Waals surface area (Å²) in [5.74, 6) is 0.405. The summed E-state index contributed by atoms with van der Waals surface area (Å²) in [5, 5.41) is 15.0. The highest BCUT2D eigenvalue weighted by Gasteiger charge is 2.26. The number of nitrogens with zero attached hydrogens (tertiary/aromatic N) is 4. The Labute approximate surface area is 109 Å². The van der Waals surface area contributed by atoms with Gasteiger partial charge in [0.25, 0.3) is 0 Å². The molecule has 0 N–H and O–H groups in total. The summed E-state index contributed by atoms with van der Waals surface area (Å²) in [7, 11) is 0. The zero-order chi connectivity index (χ0) is 13.4. The second-order valence-corrected chi connectivity index (χ2v) is 4.57. The summed E-state index contributed by atoms with van der Waals surface area (Å²) in [6, 6.07) is 1.55. The Morgan fingerprint density at radius 1 is 1.53 bits per heavy atom. The van der Waals surface area contributed by atoms with Gasteiger partial charge in [-0.2, -0.15) is 0 Å². The van der Waals surface area contributed by atoms with Gasteiger partial charge in [0.15, 0.2) is 0 Å². The molecule has 0 fully saturated rings. The van der Waals surface area contributed by atoms with Crippen molar-refractivity contribution >= 4 is 11.5 Å². The predicted octanol–water partition coefficient (Wildman–Crippen LogP) is 1.85. The Balaban J connectivity index is 1.98. The number of anilines is 1. The zero-order valence-corrected chi connectivity index (χ0v) is 10.4. The highest BCUT2D eigenvalue weighted by atomic mass is 16.6. The molecule has 0 saturated heterocycles. The molecule has 7 nitrogen and oxygen atoms in total. The molecule has 3 heterocycles. The van der Waals surface area contributed by atoms with Crippen LogP contribution >= 0.6 is 0 Å². The molecular formula is C12H12N4O3. The first-order chi connectivity index (χ1) is 9.15. The minimum absolute atomic E-state index is 0.0416. The summed E-state index contributed by atoms with van der Waals surface area (Å²) in [4.78, 5) is 16.8. The molecule has 3 rings (SSSR count). The van der Waals surface area contributed by atoms with Gasteiger partial charge in [-0.25, -0.2) is 4.98 Å². The van der Waals surface area contributed by atoms with Gasteiger partial charge in [0.1, 0.15) is 6.26 Å². The van der Waals surface area contributed by atoms with E-state index in [0.29, 0.717) is 25.3 Å². The quantitative estimate of drug-likeness (QED) is 0.605. The molecule has 0 atom stereocenters. The molecular weight excluding hydrogens is 248 g/mol. The number of hydrogen-bond acceptors (Lipinski definition) is 6. The van der Waals surface area contributed by atoms with Crippen LogP contribution in [0.4, 0.5) is 11.5 Å². The smallest absolute Gasteiger partial charge is 0.311 e. The molecule has 1 aliphatic rings. The van der Waals surface area contributed by atoms with Gasteiger partial charge < -0.3 is 9.42 Å². The average Bonchev–Trinajstić information content (AvgIpc) is 2.85. The lowest BCUT2D eigenvalue weighted by Gasteiger charge is -2.26. The van der Waals surface area contributed by atoms with Crippen LogP contribution in [0.15, 0.2) is 23.0 Å². The standard InChI is InChI=1S/C12H12N4O3/c1-8-4-11(16(17)18)12(13-5-8)15-3-2-10-9(6-15)7-19-14-10/h4-5,7H,2-3,6H2,1H3. The van der Waals surface area contributed by atoms with Crippen molar-refractivity contribution in [3.63, 3.8) is 0 Å². The number of hydrogen-bond donors (Lipinski definition) is 0. The van der Waals surface area contributed by atoms with E-state index in [0.717, 1.165) is 16.8 Å². The summed E-state index contributed by atoms with van der Waals surface area (Å²) >= 11 is 0. The molecule has 0 aliphatic carbocycles. The van der Waals surface area contributed by atoms with E-state index in [1.807, 2.05) is 4.90 Å². The lowest BCUT2D eigenvalue weighted by molar-refractivity contribution is -0.384. The van der Waals surface area contributed by atoms with Crippen LogP contribution in [0.3, 0.4) is 0 Å². The van der Waals surface area contributed by atoms with Crippen LogP contribution in [0.2, 0.25) is 0 Å². The van der Waals surface area contributed by atoms with E-state index in [9.17, 15) is 10.1 Å². The number of aromatic nitrogens is 2. The molecule has 0 aromatic carbocycles. The van der Waals surface area contributed by atoms with Crippen LogP contribution in [-0.4, -0.2) is 21.6 Å². The molecule has 0 amide bonds. The summed E-state index contributed by atoms with van der Waals surface area (Å²) in [5.41, 5.74) is 2.70. The third-order valence-electron chi connectivity index (χ3n) is 3.19. The Hall–Kier alpha value is -2.44. The molecule has 0 saturated carbocycles. The van der Waals surface area contributed by atoms with Crippen LogP contribution in [0.25, 0.3) is 0 Å². The fourth-order valence-electron chi connectivity index (χ4n) is 2.25. The summed E-state index contributed by atoms with van der Waals surface area (Å²) in [6.07, 6.45) is 3.94. The van der Waals surface area contributed by atoms with E-state index < -0.39 is 4.92 Å². The topological polar surface area (TPSA) is 85.3 Å². The third-order valence-corrected chi connectivity index (χ3v) is 3.19. The van der Waals surface area contributed by atoms with Crippen molar-refractivity contribution in [1.29, 1.82) is 0 Å². The molecule has 1 aliphatic heterocycles. The maximum atomic E-state index is 11.1. The largest absolute Gasteiger partial charge is 0.364 e.